The molecular formula is C10H16N2O3. The molecule has 1 saturated heterocycles. The average molecular weight is 212 g/mol. The van der Waals surface area contributed by atoms with Crippen molar-refractivity contribution >= 4 is 11.9 Å². The number of carbonyl (C=O) groups excluding carboxylic acids is 1. The average Bonchev–Trinajstić information content (AvgIpc) is 2.11. The molecule has 1 atom stereocenters. The second-order valence-electron chi connectivity index (χ2n) is 4.38. The molecule has 1 unspecified atom stereocenters. The lowest BCUT2D eigenvalue weighted by molar-refractivity contribution is -0.146. The maximum atomic E-state index is 11.2. The fraction of sp³-hybridized carbons (Fsp3) is 0.800. The monoisotopic (exact) mass is 212 g/mol. The molecule has 0 radical (unpaired) electrons. The smallest absolute Gasteiger partial charge is 0.322 e. The van der Waals surface area contributed by atoms with E-state index in [1.807, 2.05) is 0 Å². The van der Waals surface area contributed by atoms with E-state index < -0.39 is 12.0 Å². The summed E-state index contributed by atoms with van der Waals surface area (Å²) in [5, 5.41) is 11.6. The highest BCUT2D eigenvalue weighted by Crippen LogP contribution is 2.27. The molecule has 2 N–H and O–H groups in total. The maximum Gasteiger partial charge on any atom is 0.322 e. The first-order valence-electron chi connectivity index (χ1n) is 5.40. The third-order valence-electron chi connectivity index (χ3n) is 3.28. The quantitative estimate of drug-likeness (QED) is 0.672. The fourth-order valence-electron chi connectivity index (χ4n) is 2.13. The number of hydrogen-bond acceptors (Lipinski definition) is 3. The van der Waals surface area contributed by atoms with Crippen LogP contribution >= 0.6 is 0 Å². The van der Waals surface area contributed by atoms with Gasteiger partial charge in [-0.15, -0.1) is 0 Å². The van der Waals surface area contributed by atoms with Crippen LogP contribution in [0.15, 0.2) is 0 Å². The highest BCUT2D eigenvalue weighted by molar-refractivity contribution is 5.83. The van der Waals surface area contributed by atoms with Crippen LogP contribution in [-0.2, 0) is 9.59 Å². The number of nitrogens with zero attached hydrogens (tertiary/aromatic N) is 1. The molecule has 5 heteroatoms. The van der Waals surface area contributed by atoms with Crippen LogP contribution in [0, 0.1) is 5.92 Å². The molecule has 0 bridgehead atoms. The molecule has 0 aromatic carbocycles. The number of carbonyl (C=O) groups is 2. The number of carboxylic acids is 1. The minimum atomic E-state index is -0.839. The van der Waals surface area contributed by atoms with Gasteiger partial charge in [0.25, 0.3) is 0 Å². The number of nitrogens with one attached hydrogen (secondary N) is 1. The Hall–Kier alpha value is -1.10. The molecule has 1 aliphatic carbocycles. The van der Waals surface area contributed by atoms with Gasteiger partial charge in [-0.25, -0.2) is 0 Å². The SMILES string of the molecule is O=C1CN(CC2CCC2)C(C(=O)O)CN1. The Kier molecular flexibility index (Phi) is 2.90. The number of aliphatic carboxylic acids is 1. The number of piperazine rings is 1. The molecule has 84 valence electrons. The molecule has 1 heterocycles. The predicted molar refractivity (Wildman–Crippen MR) is 53.3 cm³/mol. The number of amides is 1. The zero-order valence-electron chi connectivity index (χ0n) is 8.61. The summed E-state index contributed by atoms with van der Waals surface area (Å²) in [5.41, 5.74) is 0. The van der Waals surface area contributed by atoms with Crippen molar-refractivity contribution in [3.63, 3.8) is 0 Å². The van der Waals surface area contributed by atoms with Gasteiger partial charge in [-0.3, -0.25) is 14.5 Å². The van der Waals surface area contributed by atoms with Crippen molar-refractivity contribution in [2.45, 2.75) is 25.3 Å². The summed E-state index contributed by atoms with van der Waals surface area (Å²) in [4.78, 5) is 23.9. The van der Waals surface area contributed by atoms with Crippen molar-refractivity contribution in [1.82, 2.24) is 10.2 Å². The Labute approximate surface area is 88.4 Å². The Morgan fingerprint density at radius 1 is 1.53 bits per heavy atom. The van der Waals surface area contributed by atoms with Crippen molar-refractivity contribution in [2.24, 2.45) is 5.92 Å². The zero-order chi connectivity index (χ0) is 10.8. The molecular weight excluding hydrogens is 196 g/mol. The molecule has 0 spiro atoms. The van der Waals surface area contributed by atoms with E-state index in [2.05, 4.69) is 5.32 Å². The minimum Gasteiger partial charge on any atom is -0.480 e. The lowest BCUT2D eigenvalue weighted by atomic mass is 9.84. The van der Waals surface area contributed by atoms with Crippen molar-refractivity contribution in [3.05, 3.63) is 0 Å². The summed E-state index contributed by atoms with van der Waals surface area (Å²) >= 11 is 0. The first-order chi connectivity index (χ1) is 7.16. The first kappa shape index (κ1) is 10.4. The standard InChI is InChI=1S/C10H16N2O3/c13-9-6-12(5-7-2-1-3-7)8(4-11-9)10(14)15/h7-8H,1-6H2,(H,11,13)(H,14,15). The van der Waals surface area contributed by atoms with E-state index in [4.69, 9.17) is 5.11 Å². The van der Waals surface area contributed by atoms with Crippen LogP contribution in [0.3, 0.4) is 0 Å². The third-order valence-corrected chi connectivity index (χ3v) is 3.28. The van der Waals surface area contributed by atoms with Gasteiger partial charge in [0, 0.05) is 13.1 Å². The number of carboxylic acid groups (broad SMARTS) is 1. The zero-order valence-corrected chi connectivity index (χ0v) is 8.61. The van der Waals surface area contributed by atoms with E-state index in [-0.39, 0.29) is 19.0 Å². The van der Waals surface area contributed by atoms with E-state index in [1.165, 1.54) is 19.3 Å². The Bertz CT molecular complexity index is 276. The first-order valence-corrected chi connectivity index (χ1v) is 5.40. The van der Waals surface area contributed by atoms with Crippen LogP contribution < -0.4 is 5.32 Å². The van der Waals surface area contributed by atoms with E-state index in [1.54, 1.807) is 4.90 Å². The van der Waals surface area contributed by atoms with Gasteiger partial charge in [-0.05, 0) is 18.8 Å². The van der Waals surface area contributed by atoms with Gasteiger partial charge in [0.15, 0.2) is 0 Å². The van der Waals surface area contributed by atoms with Gasteiger partial charge in [0.2, 0.25) is 5.91 Å². The van der Waals surface area contributed by atoms with Crippen molar-refractivity contribution in [1.29, 1.82) is 0 Å². The van der Waals surface area contributed by atoms with Gasteiger partial charge in [0.1, 0.15) is 6.04 Å². The van der Waals surface area contributed by atoms with E-state index >= 15 is 0 Å². The topological polar surface area (TPSA) is 69.6 Å². The molecule has 1 aliphatic heterocycles. The van der Waals surface area contributed by atoms with Crippen molar-refractivity contribution in [2.75, 3.05) is 19.6 Å². The van der Waals surface area contributed by atoms with Crippen LogP contribution in [0.25, 0.3) is 0 Å². The van der Waals surface area contributed by atoms with Crippen LogP contribution in [-0.4, -0.2) is 47.6 Å². The highest BCUT2D eigenvalue weighted by Gasteiger charge is 2.34. The van der Waals surface area contributed by atoms with Crippen LogP contribution in [0.5, 0.6) is 0 Å². The molecule has 15 heavy (non-hydrogen) atoms. The van der Waals surface area contributed by atoms with Crippen LogP contribution in [0.1, 0.15) is 19.3 Å². The van der Waals surface area contributed by atoms with Crippen molar-refractivity contribution < 1.29 is 14.7 Å². The van der Waals surface area contributed by atoms with E-state index in [9.17, 15) is 9.59 Å². The van der Waals surface area contributed by atoms with Crippen molar-refractivity contribution in [3.8, 4) is 0 Å². The van der Waals surface area contributed by atoms with Gasteiger partial charge in [-0.2, -0.15) is 0 Å². The van der Waals surface area contributed by atoms with Crippen LogP contribution in [0.2, 0.25) is 0 Å². The normalized spacial score (nSPS) is 28.3. The van der Waals surface area contributed by atoms with E-state index in [0.29, 0.717) is 5.92 Å². The minimum absolute atomic E-state index is 0.0631. The Morgan fingerprint density at radius 3 is 2.80 bits per heavy atom. The second-order valence-corrected chi connectivity index (χ2v) is 4.38. The summed E-state index contributed by atoms with van der Waals surface area (Å²) in [6.45, 7) is 1.22. The fourth-order valence-corrected chi connectivity index (χ4v) is 2.13. The summed E-state index contributed by atoms with van der Waals surface area (Å²) in [6.07, 6.45) is 3.58. The summed E-state index contributed by atoms with van der Waals surface area (Å²) < 4.78 is 0. The Morgan fingerprint density at radius 2 is 2.27 bits per heavy atom. The number of hydrogen-bond donors (Lipinski definition) is 2. The van der Waals surface area contributed by atoms with Crippen LogP contribution in [0.4, 0.5) is 0 Å². The van der Waals surface area contributed by atoms with Gasteiger partial charge in [-0.1, -0.05) is 6.42 Å². The van der Waals surface area contributed by atoms with Gasteiger partial charge in [0.05, 0.1) is 6.54 Å². The lowest BCUT2D eigenvalue weighted by Gasteiger charge is -2.37. The largest absolute Gasteiger partial charge is 0.480 e. The van der Waals surface area contributed by atoms with Gasteiger partial charge < -0.3 is 10.4 Å². The molecule has 0 aromatic rings. The predicted octanol–water partition coefficient (Wildman–Crippen LogP) is -0.328. The molecule has 1 amide bonds. The third kappa shape index (κ3) is 2.28. The molecule has 0 aromatic heterocycles. The maximum absolute atomic E-state index is 11.2. The second kappa shape index (κ2) is 4.18. The molecule has 2 fully saturated rings. The van der Waals surface area contributed by atoms with E-state index in [0.717, 1.165) is 6.54 Å². The van der Waals surface area contributed by atoms with Gasteiger partial charge >= 0.3 is 5.97 Å². The lowest BCUT2D eigenvalue weighted by Crippen LogP contribution is -2.58. The summed E-state index contributed by atoms with van der Waals surface area (Å²) in [5.74, 6) is -0.307. The summed E-state index contributed by atoms with van der Waals surface area (Å²) in [7, 11) is 0. The summed E-state index contributed by atoms with van der Waals surface area (Å²) in [6, 6.07) is -0.539. The Balaban J connectivity index is 1.95. The molecule has 5 nitrogen and oxygen atoms in total. The molecule has 2 aliphatic rings. The highest BCUT2D eigenvalue weighted by atomic mass is 16.4. The molecule has 1 saturated carbocycles. The molecule has 2 rings (SSSR count). The number of rotatable bonds is 3.